The highest BCUT2D eigenvalue weighted by molar-refractivity contribution is 7.92. The largest absolute Gasteiger partial charge is 0.306 e. The van der Waals surface area contributed by atoms with Gasteiger partial charge in [-0.15, -0.1) is 0 Å². The Morgan fingerprint density at radius 3 is 2.12 bits per heavy atom. The monoisotopic (exact) mass is 390 g/mol. The van der Waals surface area contributed by atoms with Gasteiger partial charge in [0.2, 0.25) is 0 Å². The number of piperazine rings is 1. The van der Waals surface area contributed by atoms with Crippen LogP contribution in [0.25, 0.3) is 0 Å². The van der Waals surface area contributed by atoms with Crippen molar-refractivity contribution in [2.24, 2.45) is 0 Å². The Morgan fingerprint density at radius 1 is 1.00 bits per heavy atom. The minimum absolute atomic E-state index is 0.0764. The molecular weight excluding hydrogens is 372 g/mol. The Labute approximate surface area is 147 Å². The van der Waals surface area contributed by atoms with Gasteiger partial charge in [-0.25, -0.2) is 16.8 Å². The molecule has 132 valence electrons. The fourth-order valence-corrected chi connectivity index (χ4v) is 8.34. The van der Waals surface area contributed by atoms with Gasteiger partial charge >= 0.3 is 0 Å². The maximum absolute atomic E-state index is 12.1. The summed E-state index contributed by atoms with van der Waals surface area (Å²) < 4.78 is 48.4. The van der Waals surface area contributed by atoms with E-state index in [1.165, 1.54) is 0 Å². The number of fused-ring (bicyclic) bond motifs is 2. The lowest BCUT2D eigenvalue weighted by molar-refractivity contribution is 0.0678. The van der Waals surface area contributed by atoms with Crippen molar-refractivity contribution in [3.8, 4) is 0 Å². The van der Waals surface area contributed by atoms with Crippen LogP contribution in [0.4, 0.5) is 0 Å². The molecule has 1 aromatic carbocycles. The average Bonchev–Trinajstić information content (AvgIpc) is 2.92. The van der Waals surface area contributed by atoms with Crippen LogP contribution in [0.3, 0.4) is 0 Å². The van der Waals surface area contributed by atoms with Gasteiger partial charge in [0.1, 0.15) is 0 Å². The number of nitrogens with zero attached hydrogens (tertiary/aromatic N) is 1. The molecule has 0 amide bonds. The van der Waals surface area contributed by atoms with Crippen LogP contribution in [-0.4, -0.2) is 68.9 Å². The van der Waals surface area contributed by atoms with E-state index in [1.54, 1.807) is 6.07 Å². The van der Waals surface area contributed by atoms with Crippen molar-refractivity contribution in [1.82, 2.24) is 10.2 Å². The van der Waals surface area contributed by atoms with Crippen molar-refractivity contribution in [3.63, 3.8) is 0 Å². The van der Waals surface area contributed by atoms with Crippen molar-refractivity contribution < 1.29 is 16.8 Å². The normalized spacial score (nSPS) is 37.0. The van der Waals surface area contributed by atoms with E-state index in [-0.39, 0.29) is 47.2 Å². The summed E-state index contributed by atoms with van der Waals surface area (Å²) in [7, 11) is -6.20. The van der Waals surface area contributed by atoms with Crippen LogP contribution in [0, 0.1) is 0 Å². The minimum atomic E-state index is -3.10. The zero-order chi connectivity index (χ0) is 17.1. The molecule has 4 rings (SSSR count). The van der Waals surface area contributed by atoms with Gasteiger partial charge in [-0.05, 0) is 17.7 Å². The predicted octanol–water partition coefficient (Wildman–Crippen LogP) is 0.0764. The molecule has 1 N–H and O–H groups in total. The average molecular weight is 391 g/mol. The Hall–Kier alpha value is -0.670. The topological polar surface area (TPSA) is 83.5 Å². The lowest BCUT2D eigenvalue weighted by Crippen LogP contribution is -2.66. The zero-order valence-corrected chi connectivity index (χ0v) is 15.3. The number of hydrogen-bond acceptors (Lipinski definition) is 6. The van der Waals surface area contributed by atoms with Gasteiger partial charge < -0.3 is 5.32 Å². The molecule has 3 aliphatic rings. The van der Waals surface area contributed by atoms with Gasteiger partial charge in [0.25, 0.3) is 0 Å². The highest BCUT2D eigenvalue weighted by Gasteiger charge is 2.53. The van der Waals surface area contributed by atoms with Crippen molar-refractivity contribution >= 4 is 31.3 Å². The first-order chi connectivity index (χ1) is 11.2. The van der Waals surface area contributed by atoms with Crippen LogP contribution in [0.1, 0.15) is 5.56 Å². The number of rotatable bonds is 2. The lowest BCUT2D eigenvalue weighted by atomic mass is 9.96. The van der Waals surface area contributed by atoms with Gasteiger partial charge in [-0.2, -0.15) is 0 Å². The van der Waals surface area contributed by atoms with Crippen molar-refractivity contribution in [1.29, 1.82) is 0 Å². The molecule has 3 saturated heterocycles. The van der Waals surface area contributed by atoms with Crippen LogP contribution in [0.2, 0.25) is 5.02 Å². The standard InChI is InChI=1S/C15H19ClN2O4S2/c16-11-3-1-2-10(4-11)5-18-14-8-23(19,20)6-12(14)17-13-7-24(21,22)9-15(13)18/h1-4,12-15,17H,5-9H2/t12-,13+,14-,15+. The maximum Gasteiger partial charge on any atom is 0.153 e. The minimum Gasteiger partial charge on any atom is -0.306 e. The van der Waals surface area contributed by atoms with Gasteiger partial charge in [0.15, 0.2) is 19.7 Å². The highest BCUT2D eigenvalue weighted by atomic mass is 35.5. The molecule has 4 atom stereocenters. The summed E-state index contributed by atoms with van der Waals surface area (Å²) in [6, 6.07) is 6.63. The van der Waals surface area contributed by atoms with Crippen LogP contribution in [0.15, 0.2) is 24.3 Å². The molecule has 6 nitrogen and oxygen atoms in total. The van der Waals surface area contributed by atoms with E-state index in [4.69, 9.17) is 11.6 Å². The van der Waals surface area contributed by atoms with E-state index in [2.05, 4.69) is 10.2 Å². The predicted molar refractivity (Wildman–Crippen MR) is 92.6 cm³/mol. The number of nitrogens with one attached hydrogen (secondary N) is 1. The maximum atomic E-state index is 12.1. The molecule has 3 aliphatic heterocycles. The van der Waals surface area contributed by atoms with Crippen LogP contribution >= 0.6 is 11.6 Å². The fourth-order valence-electron chi connectivity index (χ4n) is 4.23. The Morgan fingerprint density at radius 2 is 1.58 bits per heavy atom. The third-order valence-electron chi connectivity index (χ3n) is 5.18. The summed E-state index contributed by atoms with van der Waals surface area (Å²) in [5, 5.41) is 3.91. The van der Waals surface area contributed by atoms with E-state index < -0.39 is 19.7 Å². The third-order valence-corrected chi connectivity index (χ3v) is 8.85. The van der Waals surface area contributed by atoms with Crippen molar-refractivity contribution in [3.05, 3.63) is 34.9 Å². The summed E-state index contributed by atoms with van der Waals surface area (Å²) >= 11 is 6.05. The molecule has 0 spiro atoms. The van der Waals surface area contributed by atoms with E-state index in [0.29, 0.717) is 11.6 Å². The van der Waals surface area contributed by atoms with Crippen LogP contribution in [0.5, 0.6) is 0 Å². The molecule has 1 aromatic rings. The first kappa shape index (κ1) is 16.8. The van der Waals surface area contributed by atoms with Gasteiger partial charge in [0, 0.05) is 35.7 Å². The van der Waals surface area contributed by atoms with E-state index >= 15 is 0 Å². The van der Waals surface area contributed by atoms with Gasteiger partial charge in [-0.3, -0.25) is 4.90 Å². The smallest absolute Gasteiger partial charge is 0.153 e. The summed E-state index contributed by atoms with van der Waals surface area (Å²) in [6.07, 6.45) is 0. The molecule has 0 radical (unpaired) electrons. The Bertz CT molecular complexity index is 823. The first-order valence-electron chi connectivity index (χ1n) is 7.89. The second-order valence-corrected chi connectivity index (χ2v) is 11.7. The van der Waals surface area contributed by atoms with E-state index in [0.717, 1.165) is 5.56 Å². The quantitative estimate of drug-likeness (QED) is 0.769. The summed E-state index contributed by atoms with van der Waals surface area (Å²) in [5.41, 5.74) is 0.968. The second-order valence-electron chi connectivity index (χ2n) is 6.97. The molecule has 3 fully saturated rings. The summed E-state index contributed by atoms with van der Waals surface area (Å²) in [5.74, 6) is 0.308. The van der Waals surface area contributed by atoms with Crippen LogP contribution < -0.4 is 5.32 Å². The highest BCUT2D eigenvalue weighted by Crippen LogP contribution is 2.33. The molecule has 24 heavy (non-hydrogen) atoms. The zero-order valence-electron chi connectivity index (χ0n) is 12.9. The number of hydrogen-bond donors (Lipinski definition) is 1. The molecule has 9 heteroatoms. The summed E-state index contributed by atoms with van der Waals surface area (Å²) in [4.78, 5) is 2.08. The van der Waals surface area contributed by atoms with Gasteiger partial charge in [-0.1, -0.05) is 23.7 Å². The molecule has 0 unspecified atom stereocenters. The lowest BCUT2D eigenvalue weighted by Gasteiger charge is -2.45. The number of halogens is 1. The molecule has 0 saturated carbocycles. The SMILES string of the molecule is O=S1(=O)C[C@@H]2[C@@H](C1)N[C@H]1CS(=O)(=O)C[C@@H]1N2Cc1cccc(Cl)c1. The van der Waals surface area contributed by atoms with E-state index in [9.17, 15) is 16.8 Å². The molecular formula is C15H19ClN2O4S2. The number of benzene rings is 1. The second kappa shape index (κ2) is 5.67. The molecule has 0 aromatic heterocycles. The molecule has 3 heterocycles. The number of sulfone groups is 2. The van der Waals surface area contributed by atoms with Crippen molar-refractivity contribution in [2.45, 2.75) is 30.7 Å². The van der Waals surface area contributed by atoms with Gasteiger partial charge in [0.05, 0.1) is 23.0 Å². The summed E-state index contributed by atoms with van der Waals surface area (Å²) in [6.45, 7) is 0.510. The van der Waals surface area contributed by atoms with E-state index in [1.807, 2.05) is 18.2 Å². The fraction of sp³-hybridized carbons (Fsp3) is 0.600. The first-order valence-corrected chi connectivity index (χ1v) is 11.9. The Kier molecular flexibility index (Phi) is 3.96. The molecule has 0 aliphatic carbocycles. The third kappa shape index (κ3) is 3.10. The Balaban J connectivity index is 1.69. The molecule has 0 bridgehead atoms. The van der Waals surface area contributed by atoms with Crippen molar-refractivity contribution in [2.75, 3.05) is 23.0 Å². The van der Waals surface area contributed by atoms with Crippen LogP contribution in [-0.2, 0) is 26.2 Å².